The molecule has 0 unspecified atom stereocenters. The third-order valence-electron chi connectivity index (χ3n) is 2.89. The summed E-state index contributed by atoms with van der Waals surface area (Å²) in [6.07, 6.45) is 1.49. The summed E-state index contributed by atoms with van der Waals surface area (Å²) in [6, 6.07) is 0. The van der Waals surface area contributed by atoms with Gasteiger partial charge in [0.1, 0.15) is 0 Å². The zero-order valence-corrected chi connectivity index (χ0v) is 13.0. The van der Waals surface area contributed by atoms with Gasteiger partial charge in [-0.25, -0.2) is 0 Å². The number of rotatable bonds is 0. The van der Waals surface area contributed by atoms with Crippen LogP contribution in [0, 0.1) is 0 Å². The van der Waals surface area contributed by atoms with Gasteiger partial charge < -0.3 is 24.8 Å². The minimum Gasteiger partial charge on any atom is -0.379 e. The van der Waals surface area contributed by atoms with E-state index in [2.05, 4.69) is 16.0 Å². The maximum Gasteiger partial charge on any atom is 0.233 e. The van der Waals surface area contributed by atoms with Crippen LogP contribution in [0.5, 0.6) is 0 Å². The molecule has 3 N–H and O–H groups in total. The van der Waals surface area contributed by atoms with E-state index in [0.717, 1.165) is 12.8 Å². The van der Waals surface area contributed by atoms with Crippen molar-refractivity contribution in [2.45, 2.75) is 12.8 Å². The van der Waals surface area contributed by atoms with Gasteiger partial charge in [0.15, 0.2) is 0 Å². The Morgan fingerprint density at radius 1 is 0.636 bits per heavy atom. The molecule has 0 atom stereocenters. The topological polar surface area (TPSA) is 97.9 Å². The Balaban J connectivity index is 2.19. The SMILES string of the molecule is O=C1CNCC(=O)NCCCOCCOCCOCCCN1. The first-order chi connectivity index (χ1) is 10.8. The van der Waals surface area contributed by atoms with Crippen LogP contribution in [0.1, 0.15) is 12.8 Å². The summed E-state index contributed by atoms with van der Waals surface area (Å²) < 4.78 is 16.1. The lowest BCUT2D eigenvalue weighted by Crippen LogP contribution is -2.40. The minimum atomic E-state index is -0.126. The van der Waals surface area contributed by atoms with Crippen molar-refractivity contribution in [3.05, 3.63) is 0 Å². The van der Waals surface area contributed by atoms with Gasteiger partial charge in [0.05, 0.1) is 39.5 Å². The fourth-order valence-electron chi connectivity index (χ4n) is 1.76. The van der Waals surface area contributed by atoms with Gasteiger partial charge in [-0.3, -0.25) is 14.9 Å². The summed E-state index contributed by atoms with van der Waals surface area (Å²) in [5, 5.41) is 8.32. The van der Waals surface area contributed by atoms with Gasteiger partial charge in [-0.1, -0.05) is 0 Å². The molecule has 0 bridgehead atoms. The van der Waals surface area contributed by atoms with E-state index in [1.165, 1.54) is 0 Å². The lowest BCUT2D eigenvalue weighted by atomic mass is 10.4. The predicted octanol–water partition coefficient (Wildman–Crippen LogP) is -1.35. The van der Waals surface area contributed by atoms with Gasteiger partial charge in [0.2, 0.25) is 11.8 Å². The average molecular weight is 317 g/mol. The second kappa shape index (κ2) is 13.4. The summed E-state index contributed by atoms with van der Waals surface area (Å²) in [5.74, 6) is -0.252. The maximum atomic E-state index is 11.5. The zero-order chi connectivity index (χ0) is 15.9. The lowest BCUT2D eigenvalue weighted by molar-refractivity contribution is -0.121. The van der Waals surface area contributed by atoms with Gasteiger partial charge in [-0.15, -0.1) is 0 Å². The van der Waals surface area contributed by atoms with Crippen molar-refractivity contribution in [2.75, 3.05) is 65.8 Å². The highest BCUT2D eigenvalue weighted by atomic mass is 16.5. The van der Waals surface area contributed by atoms with E-state index >= 15 is 0 Å². The Labute approximate surface area is 131 Å². The minimum absolute atomic E-state index is 0.126. The molecule has 0 aromatic rings. The Morgan fingerprint density at radius 3 is 1.50 bits per heavy atom. The number of hydrogen-bond donors (Lipinski definition) is 3. The van der Waals surface area contributed by atoms with Crippen LogP contribution >= 0.6 is 0 Å². The van der Waals surface area contributed by atoms with E-state index in [4.69, 9.17) is 14.2 Å². The molecule has 1 saturated heterocycles. The van der Waals surface area contributed by atoms with Crippen LogP contribution in [0.25, 0.3) is 0 Å². The average Bonchev–Trinajstić information content (AvgIpc) is 2.50. The highest BCUT2D eigenvalue weighted by molar-refractivity contribution is 5.81. The standard InChI is InChI=1S/C14H27N3O5/c18-13-11-15-12-14(19)17-4-2-6-21-8-10-22-9-7-20-5-1-3-16-13/h15H,1-12H2,(H,16,18)(H,17,19). The molecule has 0 saturated carbocycles. The summed E-state index contributed by atoms with van der Waals surface area (Å²) >= 11 is 0. The fourth-order valence-corrected chi connectivity index (χ4v) is 1.76. The van der Waals surface area contributed by atoms with Crippen molar-refractivity contribution < 1.29 is 23.8 Å². The molecule has 1 aliphatic rings. The van der Waals surface area contributed by atoms with Crippen molar-refractivity contribution in [2.24, 2.45) is 0 Å². The predicted molar refractivity (Wildman–Crippen MR) is 80.6 cm³/mol. The molecule has 1 rings (SSSR count). The van der Waals surface area contributed by atoms with E-state index in [1.807, 2.05) is 0 Å². The molecule has 0 aromatic heterocycles. The molecule has 2 amide bonds. The highest BCUT2D eigenvalue weighted by Crippen LogP contribution is 1.86. The molecule has 1 fully saturated rings. The highest BCUT2D eigenvalue weighted by Gasteiger charge is 2.03. The normalized spacial score (nSPS) is 22.4. The first kappa shape index (κ1) is 18.8. The third kappa shape index (κ3) is 11.4. The van der Waals surface area contributed by atoms with E-state index in [0.29, 0.717) is 52.7 Å². The molecule has 1 heterocycles. The second-order valence-corrected chi connectivity index (χ2v) is 4.85. The summed E-state index contributed by atoms with van der Waals surface area (Å²) in [4.78, 5) is 23.0. The number of hydrogen-bond acceptors (Lipinski definition) is 6. The number of nitrogens with one attached hydrogen (secondary N) is 3. The largest absolute Gasteiger partial charge is 0.379 e. The van der Waals surface area contributed by atoms with E-state index in [1.54, 1.807) is 0 Å². The lowest BCUT2D eigenvalue weighted by Gasteiger charge is -2.10. The Kier molecular flexibility index (Phi) is 11.5. The van der Waals surface area contributed by atoms with Gasteiger partial charge in [-0.05, 0) is 12.8 Å². The Bertz CT molecular complexity index is 287. The molecule has 8 heteroatoms. The molecule has 128 valence electrons. The van der Waals surface area contributed by atoms with E-state index in [9.17, 15) is 9.59 Å². The monoisotopic (exact) mass is 317 g/mol. The van der Waals surface area contributed by atoms with Gasteiger partial charge in [0, 0.05) is 26.3 Å². The molecule has 0 radical (unpaired) electrons. The van der Waals surface area contributed by atoms with Crippen LogP contribution in [0.4, 0.5) is 0 Å². The quantitative estimate of drug-likeness (QED) is 0.511. The number of carbonyl (C=O) groups excluding carboxylic acids is 2. The molecule has 22 heavy (non-hydrogen) atoms. The third-order valence-corrected chi connectivity index (χ3v) is 2.89. The van der Waals surface area contributed by atoms with Crippen molar-refractivity contribution in [1.82, 2.24) is 16.0 Å². The van der Waals surface area contributed by atoms with Crippen LogP contribution in [0.2, 0.25) is 0 Å². The van der Waals surface area contributed by atoms with Crippen LogP contribution in [0.15, 0.2) is 0 Å². The number of carbonyl (C=O) groups is 2. The van der Waals surface area contributed by atoms with Crippen LogP contribution < -0.4 is 16.0 Å². The first-order valence-electron chi connectivity index (χ1n) is 7.76. The van der Waals surface area contributed by atoms with Gasteiger partial charge >= 0.3 is 0 Å². The fraction of sp³-hybridized carbons (Fsp3) is 0.857. The van der Waals surface area contributed by atoms with E-state index in [-0.39, 0.29) is 24.9 Å². The Morgan fingerprint density at radius 2 is 1.05 bits per heavy atom. The molecule has 0 aromatic carbocycles. The number of amides is 2. The maximum absolute atomic E-state index is 11.5. The summed E-state index contributed by atoms with van der Waals surface area (Å²) in [5.41, 5.74) is 0. The smallest absolute Gasteiger partial charge is 0.233 e. The van der Waals surface area contributed by atoms with Crippen LogP contribution in [0.3, 0.4) is 0 Å². The molecular weight excluding hydrogens is 290 g/mol. The Hall–Kier alpha value is -1.22. The van der Waals surface area contributed by atoms with Crippen LogP contribution in [-0.4, -0.2) is 77.6 Å². The van der Waals surface area contributed by atoms with Crippen LogP contribution in [-0.2, 0) is 23.8 Å². The molecule has 8 nitrogen and oxygen atoms in total. The van der Waals surface area contributed by atoms with Gasteiger partial charge in [0.25, 0.3) is 0 Å². The number of ether oxygens (including phenoxy) is 3. The zero-order valence-electron chi connectivity index (χ0n) is 13.0. The summed E-state index contributed by atoms with van der Waals surface area (Å²) in [7, 11) is 0. The molecule has 0 aliphatic carbocycles. The van der Waals surface area contributed by atoms with Gasteiger partial charge in [-0.2, -0.15) is 0 Å². The molecule has 1 aliphatic heterocycles. The van der Waals surface area contributed by atoms with Crippen molar-refractivity contribution >= 4 is 11.8 Å². The molecule has 0 spiro atoms. The van der Waals surface area contributed by atoms with Crippen molar-refractivity contribution in [3.8, 4) is 0 Å². The first-order valence-corrected chi connectivity index (χ1v) is 7.76. The van der Waals surface area contributed by atoms with Crippen molar-refractivity contribution in [1.29, 1.82) is 0 Å². The van der Waals surface area contributed by atoms with Crippen molar-refractivity contribution in [3.63, 3.8) is 0 Å². The second-order valence-electron chi connectivity index (χ2n) is 4.85. The summed E-state index contributed by atoms with van der Waals surface area (Å²) in [6.45, 7) is 4.69. The van der Waals surface area contributed by atoms with E-state index < -0.39 is 0 Å². The molecular formula is C14H27N3O5.